The van der Waals surface area contributed by atoms with Crippen LogP contribution in [0.5, 0.6) is 0 Å². The molecule has 0 unspecified atom stereocenters. The van der Waals surface area contributed by atoms with Gasteiger partial charge in [-0.2, -0.15) is 8.42 Å². The standard InChI is InChI=1S/C13H16FNO4S/c1-9-3-4-10(11(14)7-9)8-15-6-5-12(13(15)16)19-20(2,17)18/h3-4,7,12H,5-6,8H2,1-2H3/t12-/m0/s1. The molecule has 1 aromatic carbocycles. The Bertz CT molecular complexity index is 629. The van der Waals surface area contributed by atoms with Crippen LogP contribution in [-0.2, 0) is 25.6 Å². The van der Waals surface area contributed by atoms with Gasteiger partial charge < -0.3 is 4.90 Å². The minimum Gasteiger partial charge on any atom is -0.336 e. The van der Waals surface area contributed by atoms with Gasteiger partial charge in [-0.15, -0.1) is 0 Å². The van der Waals surface area contributed by atoms with Gasteiger partial charge in [0.2, 0.25) is 0 Å². The predicted octanol–water partition coefficient (Wildman–Crippen LogP) is 1.21. The number of hydrogen-bond acceptors (Lipinski definition) is 4. The van der Waals surface area contributed by atoms with Crippen LogP contribution < -0.4 is 0 Å². The summed E-state index contributed by atoms with van der Waals surface area (Å²) in [5.41, 5.74) is 1.21. The lowest BCUT2D eigenvalue weighted by molar-refractivity contribution is -0.133. The molecule has 0 radical (unpaired) electrons. The third-order valence-electron chi connectivity index (χ3n) is 3.11. The molecule has 5 nitrogen and oxygen atoms in total. The Balaban J connectivity index is 2.07. The fourth-order valence-corrected chi connectivity index (χ4v) is 2.75. The van der Waals surface area contributed by atoms with Crippen LogP contribution in [0.1, 0.15) is 17.5 Å². The third-order valence-corrected chi connectivity index (χ3v) is 3.69. The number of carbonyl (C=O) groups excluding carboxylic acids is 1. The van der Waals surface area contributed by atoms with Crippen molar-refractivity contribution in [2.45, 2.75) is 26.0 Å². The number of likely N-dealkylation sites (tertiary alicyclic amines) is 1. The van der Waals surface area contributed by atoms with E-state index in [4.69, 9.17) is 4.18 Å². The topological polar surface area (TPSA) is 63.7 Å². The summed E-state index contributed by atoms with van der Waals surface area (Å²) < 4.78 is 40.5. The maximum atomic E-state index is 13.7. The van der Waals surface area contributed by atoms with Gasteiger partial charge in [0.1, 0.15) is 5.82 Å². The largest absolute Gasteiger partial charge is 0.336 e. The molecule has 20 heavy (non-hydrogen) atoms. The van der Waals surface area contributed by atoms with Gasteiger partial charge in [0.15, 0.2) is 6.10 Å². The Morgan fingerprint density at radius 2 is 2.15 bits per heavy atom. The Hall–Kier alpha value is -1.47. The quantitative estimate of drug-likeness (QED) is 0.784. The molecule has 1 fully saturated rings. The molecule has 0 N–H and O–H groups in total. The smallest absolute Gasteiger partial charge is 0.265 e. The van der Waals surface area contributed by atoms with Crippen LogP contribution in [0.25, 0.3) is 0 Å². The third kappa shape index (κ3) is 3.55. The molecule has 2 rings (SSSR count). The number of aryl methyl sites for hydroxylation is 1. The number of halogens is 1. The second-order valence-corrected chi connectivity index (χ2v) is 6.53. The SMILES string of the molecule is Cc1ccc(CN2CC[C@H](OS(C)(=O)=O)C2=O)c(F)c1. The highest BCUT2D eigenvalue weighted by atomic mass is 32.2. The van der Waals surface area contributed by atoms with Crippen molar-refractivity contribution in [3.8, 4) is 0 Å². The molecule has 0 saturated carbocycles. The highest BCUT2D eigenvalue weighted by Gasteiger charge is 2.35. The summed E-state index contributed by atoms with van der Waals surface area (Å²) in [6, 6.07) is 4.80. The van der Waals surface area contributed by atoms with Gasteiger partial charge in [-0.05, 0) is 18.6 Å². The van der Waals surface area contributed by atoms with Crippen LogP contribution in [0.15, 0.2) is 18.2 Å². The zero-order valence-electron chi connectivity index (χ0n) is 11.3. The maximum Gasteiger partial charge on any atom is 0.265 e. The molecule has 1 atom stereocenters. The summed E-state index contributed by atoms with van der Waals surface area (Å²) in [4.78, 5) is 13.4. The molecular weight excluding hydrogens is 285 g/mol. The summed E-state index contributed by atoms with van der Waals surface area (Å²) in [6.07, 6.45) is 0.209. The first-order valence-corrected chi connectivity index (χ1v) is 8.00. The average Bonchev–Trinajstić information content (AvgIpc) is 2.63. The van der Waals surface area contributed by atoms with Crippen LogP contribution in [0.3, 0.4) is 0 Å². The van der Waals surface area contributed by atoms with E-state index < -0.39 is 22.1 Å². The molecule has 1 aliphatic heterocycles. The van der Waals surface area contributed by atoms with E-state index in [1.807, 2.05) is 0 Å². The summed E-state index contributed by atoms with van der Waals surface area (Å²) in [7, 11) is -3.67. The monoisotopic (exact) mass is 301 g/mol. The van der Waals surface area contributed by atoms with Gasteiger partial charge in [0, 0.05) is 25.1 Å². The first-order chi connectivity index (χ1) is 9.26. The number of hydrogen-bond donors (Lipinski definition) is 0. The van der Waals surface area contributed by atoms with E-state index in [2.05, 4.69) is 0 Å². The van der Waals surface area contributed by atoms with Gasteiger partial charge >= 0.3 is 0 Å². The van der Waals surface area contributed by atoms with Crippen molar-refractivity contribution in [3.63, 3.8) is 0 Å². The fraction of sp³-hybridized carbons (Fsp3) is 0.462. The number of benzene rings is 1. The second-order valence-electron chi connectivity index (χ2n) is 4.93. The predicted molar refractivity (Wildman–Crippen MR) is 70.9 cm³/mol. The van der Waals surface area contributed by atoms with Crippen LogP contribution >= 0.6 is 0 Å². The van der Waals surface area contributed by atoms with Crippen molar-refractivity contribution in [1.29, 1.82) is 0 Å². The van der Waals surface area contributed by atoms with Crippen LogP contribution in [0, 0.1) is 12.7 Å². The normalized spacial score (nSPS) is 19.6. The minimum absolute atomic E-state index is 0.120. The highest BCUT2D eigenvalue weighted by molar-refractivity contribution is 7.86. The molecule has 7 heteroatoms. The van der Waals surface area contributed by atoms with Crippen molar-refractivity contribution in [2.75, 3.05) is 12.8 Å². The molecule has 1 aliphatic rings. The van der Waals surface area contributed by atoms with Gasteiger partial charge in [-0.1, -0.05) is 12.1 Å². The first-order valence-electron chi connectivity index (χ1n) is 6.18. The Morgan fingerprint density at radius 3 is 2.75 bits per heavy atom. The van der Waals surface area contributed by atoms with E-state index in [0.717, 1.165) is 11.8 Å². The second kappa shape index (κ2) is 5.49. The molecule has 0 bridgehead atoms. The number of carbonyl (C=O) groups is 1. The molecule has 1 heterocycles. The van der Waals surface area contributed by atoms with Crippen molar-refractivity contribution in [1.82, 2.24) is 4.90 Å². The molecule has 110 valence electrons. The Kier molecular flexibility index (Phi) is 4.10. The van der Waals surface area contributed by atoms with Crippen LogP contribution in [0.2, 0.25) is 0 Å². The van der Waals surface area contributed by atoms with Crippen LogP contribution in [-0.4, -0.2) is 38.1 Å². The van der Waals surface area contributed by atoms with Gasteiger partial charge in [-0.25, -0.2) is 4.39 Å². The zero-order chi connectivity index (χ0) is 14.9. The lowest BCUT2D eigenvalue weighted by atomic mass is 10.1. The lowest BCUT2D eigenvalue weighted by Crippen LogP contribution is -2.31. The van der Waals surface area contributed by atoms with Gasteiger partial charge in [0.25, 0.3) is 16.0 Å². The van der Waals surface area contributed by atoms with Gasteiger partial charge in [0.05, 0.1) is 6.26 Å². The van der Waals surface area contributed by atoms with E-state index in [1.54, 1.807) is 19.1 Å². The van der Waals surface area contributed by atoms with Crippen molar-refractivity contribution >= 4 is 16.0 Å². The zero-order valence-corrected chi connectivity index (χ0v) is 12.1. The lowest BCUT2D eigenvalue weighted by Gasteiger charge is -2.17. The van der Waals surface area contributed by atoms with Crippen molar-refractivity contribution in [2.24, 2.45) is 0 Å². The average molecular weight is 301 g/mol. The van der Waals surface area contributed by atoms with E-state index in [9.17, 15) is 17.6 Å². The summed E-state index contributed by atoms with van der Waals surface area (Å²) in [5.74, 6) is -0.791. The molecule has 1 saturated heterocycles. The first kappa shape index (κ1) is 14.9. The molecule has 0 aliphatic carbocycles. The van der Waals surface area contributed by atoms with E-state index in [-0.39, 0.29) is 12.4 Å². The fourth-order valence-electron chi connectivity index (χ4n) is 2.15. The van der Waals surface area contributed by atoms with Crippen molar-refractivity contribution < 1.29 is 21.8 Å². The number of nitrogens with zero attached hydrogens (tertiary/aromatic N) is 1. The van der Waals surface area contributed by atoms with Crippen LogP contribution in [0.4, 0.5) is 4.39 Å². The molecule has 0 spiro atoms. The molecule has 1 aromatic rings. The summed E-state index contributed by atoms with van der Waals surface area (Å²) >= 11 is 0. The van der Waals surface area contributed by atoms with E-state index in [1.165, 1.54) is 11.0 Å². The highest BCUT2D eigenvalue weighted by Crippen LogP contribution is 2.20. The Morgan fingerprint density at radius 1 is 1.45 bits per heavy atom. The molecule has 1 amide bonds. The summed E-state index contributed by atoms with van der Waals surface area (Å²) in [6.45, 7) is 2.25. The number of amides is 1. The minimum atomic E-state index is -3.67. The van der Waals surface area contributed by atoms with E-state index >= 15 is 0 Å². The summed E-state index contributed by atoms with van der Waals surface area (Å²) in [5, 5.41) is 0. The van der Waals surface area contributed by atoms with Crippen molar-refractivity contribution in [3.05, 3.63) is 35.1 Å². The number of rotatable bonds is 4. The van der Waals surface area contributed by atoms with E-state index in [0.29, 0.717) is 18.5 Å². The van der Waals surface area contributed by atoms with Gasteiger partial charge in [-0.3, -0.25) is 8.98 Å². The molecular formula is C13H16FNO4S. The maximum absolute atomic E-state index is 13.7. The Labute approximate surface area is 117 Å². The molecule has 0 aromatic heterocycles.